The smallest absolute Gasteiger partial charge is 0.228 e. The van der Waals surface area contributed by atoms with Crippen LogP contribution in [-0.4, -0.2) is 31.2 Å². The van der Waals surface area contributed by atoms with Gasteiger partial charge in [-0.3, -0.25) is 9.78 Å². The van der Waals surface area contributed by atoms with Gasteiger partial charge in [-0.1, -0.05) is 11.6 Å². The molecule has 0 saturated heterocycles. The number of rotatable bonds is 7. The Bertz CT molecular complexity index is 1090. The summed E-state index contributed by atoms with van der Waals surface area (Å²) in [6, 6.07) is 12.5. The molecule has 1 aromatic heterocycles. The number of anilines is 1. The Hall–Kier alpha value is -3.45. The van der Waals surface area contributed by atoms with Crippen LogP contribution in [-0.2, 0) is 17.8 Å². The fraction of sp³-hybridized carbons (Fsp3) is 0.250. The first kappa shape index (κ1) is 21.8. The summed E-state index contributed by atoms with van der Waals surface area (Å²) in [5, 5.41) is 3.33. The first-order valence-electron chi connectivity index (χ1n) is 10.2. The van der Waals surface area contributed by atoms with Crippen molar-refractivity contribution in [2.75, 3.05) is 25.6 Å². The fourth-order valence-corrected chi connectivity index (χ4v) is 3.57. The Labute approximate surface area is 191 Å². The van der Waals surface area contributed by atoms with Gasteiger partial charge in [0.15, 0.2) is 23.0 Å². The lowest BCUT2D eigenvalue weighted by Crippen LogP contribution is -2.14. The van der Waals surface area contributed by atoms with Crippen molar-refractivity contribution in [1.82, 2.24) is 4.98 Å². The van der Waals surface area contributed by atoms with Crippen molar-refractivity contribution in [3.63, 3.8) is 0 Å². The molecule has 0 bridgehead atoms. The number of hydrogen-bond acceptors (Lipinski definition) is 6. The van der Waals surface area contributed by atoms with Crippen LogP contribution in [0.15, 0.2) is 54.9 Å². The number of ether oxygens (including phenoxy) is 4. The molecule has 7 nitrogen and oxygen atoms in total. The summed E-state index contributed by atoms with van der Waals surface area (Å²) in [6.45, 7) is 1.45. The second-order valence-corrected chi connectivity index (χ2v) is 7.60. The Morgan fingerprint density at radius 3 is 2.69 bits per heavy atom. The van der Waals surface area contributed by atoms with E-state index in [1.165, 1.54) is 0 Å². The van der Waals surface area contributed by atoms with E-state index in [-0.39, 0.29) is 12.3 Å². The summed E-state index contributed by atoms with van der Waals surface area (Å²) in [4.78, 5) is 16.7. The Morgan fingerprint density at radius 2 is 1.88 bits per heavy atom. The van der Waals surface area contributed by atoms with Crippen LogP contribution >= 0.6 is 11.6 Å². The summed E-state index contributed by atoms with van der Waals surface area (Å²) in [5.74, 6) is 2.00. The topological polar surface area (TPSA) is 78.9 Å². The average Bonchev–Trinajstić information content (AvgIpc) is 3.04. The predicted octanol–water partition coefficient (Wildman–Crippen LogP) is 4.67. The monoisotopic (exact) mass is 454 g/mol. The Kier molecular flexibility index (Phi) is 6.97. The minimum absolute atomic E-state index is 0.135. The van der Waals surface area contributed by atoms with Crippen molar-refractivity contribution in [2.24, 2.45) is 0 Å². The second kappa shape index (κ2) is 10.2. The molecule has 0 spiro atoms. The maximum Gasteiger partial charge on any atom is 0.228 e. The van der Waals surface area contributed by atoms with E-state index in [1.54, 1.807) is 49.8 Å². The molecule has 32 heavy (non-hydrogen) atoms. The molecule has 0 fully saturated rings. The third kappa shape index (κ3) is 5.42. The molecule has 2 heterocycles. The van der Waals surface area contributed by atoms with Gasteiger partial charge in [-0.25, -0.2) is 0 Å². The zero-order valence-electron chi connectivity index (χ0n) is 17.6. The van der Waals surface area contributed by atoms with Crippen LogP contribution in [0.2, 0.25) is 5.02 Å². The van der Waals surface area contributed by atoms with Crippen LogP contribution in [0.25, 0.3) is 0 Å². The molecule has 0 radical (unpaired) electrons. The third-order valence-corrected chi connectivity index (χ3v) is 5.10. The lowest BCUT2D eigenvalue weighted by atomic mass is 10.1. The van der Waals surface area contributed by atoms with Crippen molar-refractivity contribution < 1.29 is 23.7 Å². The summed E-state index contributed by atoms with van der Waals surface area (Å²) in [5.41, 5.74) is 2.31. The molecule has 4 rings (SSSR count). The lowest BCUT2D eigenvalue weighted by Gasteiger charge is -2.14. The van der Waals surface area contributed by atoms with Crippen molar-refractivity contribution in [3.8, 4) is 23.0 Å². The van der Waals surface area contributed by atoms with E-state index in [0.29, 0.717) is 53.5 Å². The molecular formula is C24H23ClN2O5. The maximum absolute atomic E-state index is 12.7. The largest absolute Gasteiger partial charge is 0.493 e. The summed E-state index contributed by atoms with van der Waals surface area (Å²) in [7, 11) is 1.57. The van der Waals surface area contributed by atoms with Gasteiger partial charge in [0.25, 0.3) is 0 Å². The van der Waals surface area contributed by atoms with E-state index < -0.39 is 0 Å². The number of nitrogens with one attached hydrogen (secondary N) is 1. The highest BCUT2D eigenvalue weighted by molar-refractivity contribution is 6.32. The predicted molar refractivity (Wildman–Crippen MR) is 121 cm³/mol. The van der Waals surface area contributed by atoms with Crippen LogP contribution in [0.5, 0.6) is 23.0 Å². The average molecular weight is 455 g/mol. The number of aromatic nitrogens is 1. The van der Waals surface area contributed by atoms with Gasteiger partial charge in [-0.2, -0.15) is 0 Å². The molecule has 0 aliphatic carbocycles. The highest BCUT2D eigenvalue weighted by Crippen LogP contribution is 2.38. The molecule has 166 valence electrons. The van der Waals surface area contributed by atoms with Gasteiger partial charge in [0.2, 0.25) is 5.91 Å². The molecule has 1 aliphatic heterocycles. The Balaban J connectivity index is 1.44. The molecule has 2 aromatic carbocycles. The molecule has 3 aromatic rings. The quantitative estimate of drug-likeness (QED) is 0.559. The van der Waals surface area contributed by atoms with E-state index in [1.807, 2.05) is 12.1 Å². The van der Waals surface area contributed by atoms with E-state index >= 15 is 0 Å². The standard InChI is InChI=1S/C24H23ClN2O5/c1-29-20-4-3-18(14-21(20)32-15-16-5-7-26-8-6-16)27-23(28)13-17-11-19(25)24-22(12-17)30-9-2-10-31-24/h3-8,11-12,14H,2,9-10,13,15H2,1H3,(H,27,28). The van der Waals surface area contributed by atoms with E-state index in [2.05, 4.69) is 10.3 Å². The van der Waals surface area contributed by atoms with E-state index in [0.717, 1.165) is 17.5 Å². The van der Waals surface area contributed by atoms with Crippen LogP contribution in [0.3, 0.4) is 0 Å². The summed E-state index contributed by atoms with van der Waals surface area (Å²) < 4.78 is 22.6. The normalized spacial score (nSPS) is 12.6. The number of fused-ring (bicyclic) bond motifs is 1. The van der Waals surface area contributed by atoms with Crippen molar-refractivity contribution in [3.05, 3.63) is 71.0 Å². The number of pyridine rings is 1. The summed E-state index contributed by atoms with van der Waals surface area (Å²) >= 11 is 6.33. The number of carbonyl (C=O) groups excluding carboxylic acids is 1. The molecule has 1 aliphatic rings. The van der Waals surface area contributed by atoms with Gasteiger partial charge in [0.1, 0.15) is 6.61 Å². The van der Waals surface area contributed by atoms with E-state index in [9.17, 15) is 4.79 Å². The van der Waals surface area contributed by atoms with Crippen molar-refractivity contribution in [1.29, 1.82) is 0 Å². The minimum Gasteiger partial charge on any atom is -0.493 e. The minimum atomic E-state index is -0.194. The first-order chi connectivity index (χ1) is 15.6. The molecule has 0 unspecified atom stereocenters. The van der Waals surface area contributed by atoms with Gasteiger partial charge in [-0.15, -0.1) is 0 Å². The van der Waals surface area contributed by atoms with Gasteiger partial charge in [0, 0.05) is 30.6 Å². The number of benzene rings is 2. The molecule has 1 N–H and O–H groups in total. The highest BCUT2D eigenvalue weighted by Gasteiger charge is 2.17. The lowest BCUT2D eigenvalue weighted by molar-refractivity contribution is -0.115. The molecular weight excluding hydrogens is 432 g/mol. The van der Waals surface area contributed by atoms with Crippen molar-refractivity contribution in [2.45, 2.75) is 19.4 Å². The summed E-state index contributed by atoms with van der Waals surface area (Å²) in [6.07, 6.45) is 4.33. The van der Waals surface area contributed by atoms with Gasteiger partial charge in [0.05, 0.1) is 31.8 Å². The molecule has 8 heteroatoms. The van der Waals surface area contributed by atoms with Crippen LogP contribution < -0.4 is 24.3 Å². The van der Waals surface area contributed by atoms with Gasteiger partial charge >= 0.3 is 0 Å². The number of hydrogen-bond donors (Lipinski definition) is 1. The Morgan fingerprint density at radius 1 is 1.06 bits per heavy atom. The maximum atomic E-state index is 12.7. The molecule has 0 saturated carbocycles. The number of carbonyl (C=O) groups is 1. The third-order valence-electron chi connectivity index (χ3n) is 4.82. The van der Waals surface area contributed by atoms with Crippen LogP contribution in [0.1, 0.15) is 17.5 Å². The number of halogens is 1. The number of nitrogens with zero attached hydrogens (tertiary/aromatic N) is 1. The van der Waals surface area contributed by atoms with Crippen LogP contribution in [0.4, 0.5) is 5.69 Å². The fourth-order valence-electron chi connectivity index (χ4n) is 3.28. The zero-order chi connectivity index (χ0) is 22.3. The number of amides is 1. The highest BCUT2D eigenvalue weighted by atomic mass is 35.5. The zero-order valence-corrected chi connectivity index (χ0v) is 18.4. The SMILES string of the molecule is COc1ccc(NC(=O)Cc2cc(Cl)c3c(c2)OCCCO3)cc1OCc1ccncc1. The van der Waals surface area contributed by atoms with E-state index in [4.69, 9.17) is 30.5 Å². The van der Waals surface area contributed by atoms with Gasteiger partial charge < -0.3 is 24.3 Å². The molecule has 1 amide bonds. The first-order valence-corrected chi connectivity index (χ1v) is 10.6. The van der Waals surface area contributed by atoms with Crippen molar-refractivity contribution >= 4 is 23.2 Å². The second-order valence-electron chi connectivity index (χ2n) is 7.19. The number of methoxy groups -OCH3 is 1. The molecule has 0 atom stereocenters. The van der Waals surface area contributed by atoms with Gasteiger partial charge in [-0.05, 0) is 47.5 Å². The van der Waals surface area contributed by atoms with Crippen LogP contribution in [0, 0.1) is 0 Å².